The molecular formula is C18H16ClN5. The monoisotopic (exact) mass is 337 g/mol. The molecule has 0 spiro atoms. The number of H-pyrrole nitrogens is 1. The third-order valence-electron chi connectivity index (χ3n) is 5.13. The number of nitrogens with one attached hydrogen (secondary N) is 1. The first-order valence-corrected chi connectivity index (χ1v) is 8.51. The van der Waals surface area contributed by atoms with Crippen LogP contribution in [0.4, 0.5) is 0 Å². The SMILES string of the molecule is Cc1ccc2c(c1)c1cc(Cl)ccc1n2C1CC(c2nn[nH]n2)C1. The zero-order valence-electron chi connectivity index (χ0n) is 13.2. The highest BCUT2D eigenvalue weighted by molar-refractivity contribution is 6.31. The van der Waals surface area contributed by atoms with Crippen molar-refractivity contribution in [3.05, 3.63) is 52.8 Å². The quantitative estimate of drug-likeness (QED) is 0.590. The summed E-state index contributed by atoms with van der Waals surface area (Å²) < 4.78 is 2.46. The minimum Gasteiger partial charge on any atom is -0.337 e. The van der Waals surface area contributed by atoms with Gasteiger partial charge in [0.05, 0.1) is 0 Å². The van der Waals surface area contributed by atoms with Gasteiger partial charge in [-0.1, -0.05) is 28.4 Å². The van der Waals surface area contributed by atoms with E-state index in [9.17, 15) is 0 Å². The Bertz CT molecular complexity index is 985. The fourth-order valence-corrected chi connectivity index (χ4v) is 4.06. The number of tetrazole rings is 1. The Hall–Kier alpha value is -2.40. The smallest absolute Gasteiger partial charge is 0.177 e. The van der Waals surface area contributed by atoms with Crippen molar-refractivity contribution in [2.75, 3.05) is 0 Å². The lowest BCUT2D eigenvalue weighted by Gasteiger charge is -2.35. The van der Waals surface area contributed by atoms with E-state index in [1.54, 1.807) is 0 Å². The second kappa shape index (κ2) is 5.05. The number of benzene rings is 2. The molecule has 24 heavy (non-hydrogen) atoms. The van der Waals surface area contributed by atoms with Crippen LogP contribution in [0.15, 0.2) is 36.4 Å². The number of aromatic nitrogens is 5. The molecule has 0 radical (unpaired) electrons. The minimum absolute atomic E-state index is 0.388. The van der Waals surface area contributed by atoms with E-state index in [1.807, 2.05) is 6.07 Å². The number of nitrogens with zero attached hydrogens (tertiary/aromatic N) is 4. The predicted molar refractivity (Wildman–Crippen MR) is 94.4 cm³/mol. The van der Waals surface area contributed by atoms with Crippen LogP contribution in [0.1, 0.15) is 36.2 Å². The van der Waals surface area contributed by atoms with Crippen molar-refractivity contribution < 1.29 is 0 Å². The molecule has 2 heterocycles. The van der Waals surface area contributed by atoms with Gasteiger partial charge in [-0.3, -0.25) is 0 Å². The summed E-state index contributed by atoms with van der Waals surface area (Å²) in [6.45, 7) is 2.13. The average Bonchev–Trinajstić information content (AvgIpc) is 3.14. The lowest BCUT2D eigenvalue weighted by molar-refractivity contribution is 0.267. The van der Waals surface area contributed by atoms with Gasteiger partial charge in [0.1, 0.15) is 0 Å². The van der Waals surface area contributed by atoms with Crippen LogP contribution < -0.4 is 0 Å². The third-order valence-corrected chi connectivity index (χ3v) is 5.36. The molecule has 120 valence electrons. The molecule has 2 aromatic heterocycles. The van der Waals surface area contributed by atoms with Crippen molar-refractivity contribution >= 4 is 33.4 Å². The van der Waals surface area contributed by atoms with Crippen molar-refractivity contribution in [1.82, 2.24) is 25.2 Å². The molecule has 1 aliphatic rings. The van der Waals surface area contributed by atoms with E-state index in [4.69, 9.17) is 11.6 Å². The lowest BCUT2D eigenvalue weighted by atomic mass is 9.79. The van der Waals surface area contributed by atoms with Gasteiger partial charge in [0.15, 0.2) is 5.82 Å². The number of halogens is 1. The third kappa shape index (κ3) is 1.97. The summed E-state index contributed by atoms with van der Waals surface area (Å²) in [5, 5.41) is 17.8. The summed E-state index contributed by atoms with van der Waals surface area (Å²) in [5.74, 6) is 1.21. The summed E-state index contributed by atoms with van der Waals surface area (Å²) >= 11 is 6.25. The van der Waals surface area contributed by atoms with E-state index in [0.29, 0.717) is 12.0 Å². The van der Waals surface area contributed by atoms with Crippen LogP contribution >= 0.6 is 11.6 Å². The Morgan fingerprint density at radius 2 is 1.83 bits per heavy atom. The fourth-order valence-electron chi connectivity index (χ4n) is 3.88. The molecule has 1 aliphatic carbocycles. The van der Waals surface area contributed by atoms with Gasteiger partial charge in [-0.2, -0.15) is 5.21 Å². The summed E-state index contributed by atoms with van der Waals surface area (Å²) in [6, 6.07) is 13.3. The summed E-state index contributed by atoms with van der Waals surface area (Å²) in [6.07, 6.45) is 2.07. The van der Waals surface area contributed by atoms with Crippen molar-refractivity contribution in [3.8, 4) is 0 Å². The van der Waals surface area contributed by atoms with E-state index < -0.39 is 0 Å². The molecule has 5 nitrogen and oxygen atoms in total. The molecule has 2 aromatic carbocycles. The zero-order valence-corrected chi connectivity index (χ0v) is 14.0. The second-order valence-corrected chi connectivity index (χ2v) is 7.08. The highest BCUT2D eigenvalue weighted by Crippen LogP contribution is 2.47. The molecule has 0 unspecified atom stereocenters. The molecule has 0 aliphatic heterocycles. The van der Waals surface area contributed by atoms with Crippen LogP contribution in [0.5, 0.6) is 0 Å². The van der Waals surface area contributed by atoms with Gasteiger partial charge in [0, 0.05) is 38.8 Å². The van der Waals surface area contributed by atoms with Crippen molar-refractivity contribution in [2.24, 2.45) is 0 Å². The standard InChI is InChI=1S/C18H16ClN5/c1-10-2-4-16-14(6-10)15-9-12(19)3-5-17(15)24(16)13-7-11(8-13)18-20-22-23-21-18/h2-6,9,11,13H,7-8H2,1H3,(H,20,21,22,23). The topological polar surface area (TPSA) is 59.4 Å². The molecular weight excluding hydrogens is 322 g/mol. The van der Waals surface area contributed by atoms with Crippen LogP contribution in [-0.4, -0.2) is 25.2 Å². The molecule has 0 amide bonds. The number of hydrogen-bond donors (Lipinski definition) is 1. The number of fused-ring (bicyclic) bond motifs is 3. The number of hydrogen-bond acceptors (Lipinski definition) is 3. The van der Waals surface area contributed by atoms with Crippen molar-refractivity contribution in [3.63, 3.8) is 0 Å². The van der Waals surface area contributed by atoms with Crippen molar-refractivity contribution in [2.45, 2.75) is 31.7 Å². The Morgan fingerprint density at radius 1 is 1.08 bits per heavy atom. The van der Waals surface area contributed by atoms with E-state index in [1.165, 1.54) is 27.4 Å². The molecule has 0 bridgehead atoms. The fraction of sp³-hybridized carbons (Fsp3) is 0.278. The first-order valence-electron chi connectivity index (χ1n) is 8.14. The molecule has 0 atom stereocenters. The van der Waals surface area contributed by atoms with Gasteiger partial charge in [-0.15, -0.1) is 10.2 Å². The van der Waals surface area contributed by atoms with Gasteiger partial charge in [-0.25, -0.2) is 0 Å². The van der Waals surface area contributed by atoms with E-state index in [-0.39, 0.29) is 0 Å². The second-order valence-electron chi connectivity index (χ2n) is 6.64. The van der Waals surface area contributed by atoms with E-state index in [0.717, 1.165) is 23.7 Å². The van der Waals surface area contributed by atoms with Crippen LogP contribution in [0.25, 0.3) is 21.8 Å². The summed E-state index contributed by atoms with van der Waals surface area (Å²) in [4.78, 5) is 0. The predicted octanol–water partition coefficient (Wildman–Crippen LogP) is 4.39. The minimum atomic E-state index is 0.388. The maximum absolute atomic E-state index is 6.25. The van der Waals surface area contributed by atoms with Gasteiger partial charge < -0.3 is 4.57 Å². The van der Waals surface area contributed by atoms with E-state index >= 15 is 0 Å². The van der Waals surface area contributed by atoms with Crippen molar-refractivity contribution in [1.29, 1.82) is 0 Å². The Balaban J connectivity index is 1.65. The van der Waals surface area contributed by atoms with Crippen LogP contribution in [0, 0.1) is 6.92 Å². The van der Waals surface area contributed by atoms with Crippen LogP contribution in [-0.2, 0) is 0 Å². The first-order chi connectivity index (χ1) is 11.7. The molecule has 1 fully saturated rings. The number of aryl methyl sites for hydroxylation is 1. The first kappa shape index (κ1) is 14.0. The van der Waals surface area contributed by atoms with Gasteiger partial charge >= 0.3 is 0 Å². The normalized spacial score (nSPS) is 20.6. The number of rotatable bonds is 2. The zero-order chi connectivity index (χ0) is 16.3. The maximum Gasteiger partial charge on any atom is 0.177 e. The molecule has 0 saturated heterocycles. The van der Waals surface area contributed by atoms with Gasteiger partial charge in [0.2, 0.25) is 0 Å². The molecule has 6 heteroatoms. The number of aromatic amines is 1. The lowest BCUT2D eigenvalue weighted by Crippen LogP contribution is -2.26. The summed E-state index contributed by atoms with van der Waals surface area (Å²) in [5.41, 5.74) is 3.78. The van der Waals surface area contributed by atoms with Gasteiger partial charge in [-0.05, 0) is 50.1 Å². The van der Waals surface area contributed by atoms with Crippen LogP contribution in [0.3, 0.4) is 0 Å². The Morgan fingerprint density at radius 3 is 2.58 bits per heavy atom. The maximum atomic E-state index is 6.25. The molecule has 1 N–H and O–H groups in total. The highest BCUT2D eigenvalue weighted by Gasteiger charge is 2.35. The molecule has 1 saturated carbocycles. The largest absolute Gasteiger partial charge is 0.337 e. The van der Waals surface area contributed by atoms with E-state index in [2.05, 4.69) is 62.4 Å². The highest BCUT2D eigenvalue weighted by atomic mass is 35.5. The van der Waals surface area contributed by atoms with Gasteiger partial charge in [0.25, 0.3) is 0 Å². The van der Waals surface area contributed by atoms with Crippen LogP contribution in [0.2, 0.25) is 5.02 Å². The molecule has 5 rings (SSSR count). The summed E-state index contributed by atoms with van der Waals surface area (Å²) in [7, 11) is 0. The Labute approximate surface area is 143 Å². The molecule has 4 aromatic rings. The Kier molecular flexibility index (Phi) is 2.94. The average molecular weight is 338 g/mol.